The summed E-state index contributed by atoms with van der Waals surface area (Å²) >= 11 is 1.94. The number of aromatic amines is 1. The van der Waals surface area contributed by atoms with Gasteiger partial charge in [-0.15, -0.1) is 0 Å². The number of ether oxygens (including phenoxy) is 1. The molecule has 0 radical (unpaired) electrons. The van der Waals surface area contributed by atoms with Crippen LogP contribution in [0.2, 0.25) is 0 Å². The van der Waals surface area contributed by atoms with Crippen molar-refractivity contribution < 1.29 is 20.1 Å². The van der Waals surface area contributed by atoms with Crippen LogP contribution in [0.5, 0.6) is 0 Å². The predicted molar refractivity (Wildman–Crippen MR) is 62.4 cm³/mol. The van der Waals surface area contributed by atoms with Crippen molar-refractivity contribution in [2.24, 2.45) is 0 Å². The van der Waals surface area contributed by atoms with Gasteiger partial charge in [0.1, 0.15) is 28.1 Å². The monoisotopic (exact) mass is 341 g/mol. The Balaban J connectivity index is 2.26. The number of nitrogen functional groups attached to an aromatic ring is 1. The van der Waals surface area contributed by atoms with E-state index in [1.807, 2.05) is 22.6 Å². The number of halogens is 1. The second-order valence-corrected chi connectivity index (χ2v) is 4.62. The number of hydrogen-bond donors (Lipinski definition) is 5. The molecule has 0 amide bonds. The van der Waals surface area contributed by atoms with Crippen LogP contribution in [0.15, 0.2) is 0 Å². The third-order valence-electron chi connectivity index (χ3n) is 2.61. The zero-order valence-electron chi connectivity index (χ0n) is 8.17. The van der Waals surface area contributed by atoms with Gasteiger partial charge in [-0.2, -0.15) is 5.10 Å². The number of rotatable bonds is 2. The molecular weight excluding hydrogens is 329 g/mol. The first-order valence-electron chi connectivity index (χ1n) is 4.68. The highest BCUT2D eigenvalue weighted by atomic mass is 127. The lowest BCUT2D eigenvalue weighted by Crippen LogP contribution is -2.32. The lowest BCUT2D eigenvalue weighted by atomic mass is 10.1. The molecule has 1 aliphatic rings. The van der Waals surface area contributed by atoms with E-state index in [4.69, 9.17) is 15.6 Å². The normalized spacial score (nSPS) is 34.5. The predicted octanol–water partition coefficient (Wildman–Crippen LogP) is -1.25. The van der Waals surface area contributed by atoms with E-state index in [-0.39, 0.29) is 6.61 Å². The van der Waals surface area contributed by atoms with Crippen LogP contribution in [0.3, 0.4) is 0 Å². The van der Waals surface area contributed by atoms with Crippen LogP contribution in [-0.4, -0.2) is 50.4 Å². The molecular formula is C8H12IN3O4. The molecule has 7 nitrogen and oxygen atoms in total. The molecule has 1 fully saturated rings. The van der Waals surface area contributed by atoms with Crippen LogP contribution in [0, 0.1) is 3.70 Å². The van der Waals surface area contributed by atoms with E-state index in [0.717, 1.165) is 0 Å². The maximum atomic E-state index is 9.75. The summed E-state index contributed by atoms with van der Waals surface area (Å²) in [4.78, 5) is 0. The van der Waals surface area contributed by atoms with Gasteiger partial charge in [0.15, 0.2) is 0 Å². The number of aliphatic hydroxyl groups is 3. The first-order chi connectivity index (χ1) is 7.56. The highest BCUT2D eigenvalue weighted by Gasteiger charge is 2.44. The summed E-state index contributed by atoms with van der Waals surface area (Å²) in [6.45, 7) is -0.361. The summed E-state index contributed by atoms with van der Waals surface area (Å²) in [6.07, 6.45) is -3.85. The fourth-order valence-electron chi connectivity index (χ4n) is 1.70. The Bertz CT molecular complexity index is 385. The summed E-state index contributed by atoms with van der Waals surface area (Å²) in [5.74, 6) is 0. The third kappa shape index (κ3) is 1.80. The molecule has 2 rings (SSSR count). The topological polar surface area (TPSA) is 125 Å². The third-order valence-corrected chi connectivity index (χ3v) is 3.44. The minimum Gasteiger partial charge on any atom is -0.395 e. The first kappa shape index (κ1) is 12.0. The number of anilines is 1. The number of aromatic nitrogens is 2. The average molecular weight is 341 g/mol. The SMILES string of the molecule is Nc1c(I)n[nH]c1[C@@H]1O[C@H](CO)[C@@H](O)[C@H]1O. The zero-order chi connectivity index (χ0) is 11.9. The quantitative estimate of drug-likeness (QED) is 0.428. The number of nitrogens with one attached hydrogen (secondary N) is 1. The van der Waals surface area contributed by atoms with E-state index in [1.165, 1.54) is 0 Å². The number of hydrogen-bond acceptors (Lipinski definition) is 6. The van der Waals surface area contributed by atoms with Crippen molar-refractivity contribution in [3.63, 3.8) is 0 Å². The van der Waals surface area contributed by atoms with Gasteiger partial charge in [-0.1, -0.05) is 0 Å². The average Bonchev–Trinajstić information content (AvgIpc) is 2.73. The van der Waals surface area contributed by atoms with Gasteiger partial charge in [0.05, 0.1) is 18.0 Å². The van der Waals surface area contributed by atoms with Gasteiger partial charge in [0.2, 0.25) is 0 Å². The van der Waals surface area contributed by atoms with Crippen LogP contribution in [0.25, 0.3) is 0 Å². The van der Waals surface area contributed by atoms with Crippen LogP contribution < -0.4 is 5.73 Å². The van der Waals surface area contributed by atoms with Crippen LogP contribution in [0.4, 0.5) is 5.69 Å². The fraction of sp³-hybridized carbons (Fsp3) is 0.625. The Kier molecular flexibility index (Phi) is 3.35. The smallest absolute Gasteiger partial charge is 0.146 e. The zero-order valence-corrected chi connectivity index (χ0v) is 10.3. The van der Waals surface area contributed by atoms with Crippen molar-refractivity contribution >= 4 is 28.3 Å². The largest absolute Gasteiger partial charge is 0.395 e. The molecule has 90 valence electrons. The standard InChI is InChI=1S/C8H12IN3O4/c9-8-3(10)4(11-12-8)7-6(15)5(14)2(1-13)16-7/h2,5-7,13-15H,1,10H2,(H,11,12)/t2-,5-,6-,7+/m1/s1. The minimum absolute atomic E-state index is 0.361. The summed E-state index contributed by atoms with van der Waals surface area (Å²) in [5.41, 5.74) is 6.55. The maximum absolute atomic E-state index is 9.75. The van der Waals surface area contributed by atoms with E-state index in [0.29, 0.717) is 15.1 Å². The molecule has 4 atom stereocenters. The molecule has 2 heterocycles. The summed E-state index contributed by atoms with van der Waals surface area (Å²) in [7, 11) is 0. The first-order valence-corrected chi connectivity index (χ1v) is 5.75. The highest BCUT2D eigenvalue weighted by Crippen LogP contribution is 2.35. The van der Waals surface area contributed by atoms with Gasteiger partial charge in [-0.3, -0.25) is 5.10 Å². The van der Waals surface area contributed by atoms with Gasteiger partial charge < -0.3 is 25.8 Å². The van der Waals surface area contributed by atoms with Crippen LogP contribution in [0.1, 0.15) is 11.8 Å². The van der Waals surface area contributed by atoms with Gasteiger partial charge in [-0.05, 0) is 22.6 Å². The maximum Gasteiger partial charge on any atom is 0.146 e. The van der Waals surface area contributed by atoms with Crippen molar-refractivity contribution in [1.29, 1.82) is 0 Å². The second-order valence-electron chi connectivity index (χ2n) is 3.60. The van der Waals surface area contributed by atoms with E-state index < -0.39 is 24.4 Å². The van der Waals surface area contributed by atoms with Gasteiger partial charge in [0, 0.05) is 0 Å². The number of aliphatic hydroxyl groups excluding tert-OH is 3. The summed E-state index contributed by atoms with van der Waals surface area (Å²) in [5, 5.41) is 34.8. The number of nitrogens with zero attached hydrogens (tertiary/aromatic N) is 1. The molecule has 16 heavy (non-hydrogen) atoms. The number of nitrogens with two attached hydrogens (primary N) is 1. The van der Waals surface area contributed by atoms with E-state index >= 15 is 0 Å². The molecule has 8 heteroatoms. The Morgan fingerprint density at radius 3 is 2.56 bits per heavy atom. The molecule has 0 saturated carbocycles. The molecule has 1 saturated heterocycles. The molecule has 6 N–H and O–H groups in total. The van der Waals surface area contributed by atoms with Crippen molar-refractivity contribution in [1.82, 2.24) is 10.2 Å². The summed E-state index contributed by atoms with van der Waals surface area (Å²) < 4.78 is 5.89. The summed E-state index contributed by atoms with van der Waals surface area (Å²) in [6, 6.07) is 0. The van der Waals surface area contributed by atoms with E-state index in [1.54, 1.807) is 0 Å². The van der Waals surface area contributed by atoms with E-state index in [9.17, 15) is 10.2 Å². The van der Waals surface area contributed by atoms with Gasteiger partial charge in [-0.25, -0.2) is 0 Å². The van der Waals surface area contributed by atoms with Gasteiger partial charge in [0.25, 0.3) is 0 Å². The van der Waals surface area contributed by atoms with E-state index in [2.05, 4.69) is 10.2 Å². The highest BCUT2D eigenvalue weighted by molar-refractivity contribution is 14.1. The second kappa shape index (κ2) is 4.45. The molecule has 0 aliphatic carbocycles. The molecule has 0 bridgehead atoms. The minimum atomic E-state index is -1.13. The lowest BCUT2D eigenvalue weighted by Gasteiger charge is -2.13. The van der Waals surface area contributed by atoms with Crippen LogP contribution in [-0.2, 0) is 4.74 Å². The Hall–Kier alpha value is -0.420. The molecule has 1 aromatic heterocycles. The van der Waals surface area contributed by atoms with Crippen molar-refractivity contribution in [2.75, 3.05) is 12.3 Å². The number of H-pyrrole nitrogens is 1. The fourth-order valence-corrected chi connectivity index (χ4v) is 2.11. The molecule has 0 aromatic carbocycles. The lowest BCUT2D eigenvalue weighted by molar-refractivity contribution is -0.0237. The van der Waals surface area contributed by atoms with Crippen molar-refractivity contribution in [3.8, 4) is 0 Å². The molecule has 0 unspecified atom stereocenters. The molecule has 1 aliphatic heterocycles. The Morgan fingerprint density at radius 2 is 2.12 bits per heavy atom. The molecule has 0 spiro atoms. The van der Waals surface area contributed by atoms with Crippen molar-refractivity contribution in [3.05, 3.63) is 9.39 Å². The van der Waals surface area contributed by atoms with Crippen molar-refractivity contribution in [2.45, 2.75) is 24.4 Å². The Morgan fingerprint density at radius 1 is 1.44 bits per heavy atom. The van der Waals surface area contributed by atoms with Gasteiger partial charge >= 0.3 is 0 Å². The van der Waals surface area contributed by atoms with Crippen LogP contribution >= 0.6 is 22.6 Å². The molecule has 1 aromatic rings. The Labute approximate surface area is 105 Å².